The number of carbonyl (C=O) groups excluding carboxylic acids is 1. The molecule has 7 nitrogen and oxygen atoms in total. The maximum Gasteiger partial charge on any atom is 0.410 e. The van der Waals surface area contributed by atoms with Crippen molar-refractivity contribution in [1.29, 1.82) is 0 Å². The highest BCUT2D eigenvalue weighted by Crippen LogP contribution is 2.13. The number of aliphatic imine (C=N–C) groups is 1. The Morgan fingerprint density at radius 1 is 1.33 bits per heavy atom. The molecule has 1 saturated heterocycles. The van der Waals surface area contributed by atoms with Crippen molar-refractivity contribution in [3.05, 3.63) is 0 Å². The molecule has 1 aliphatic heterocycles. The molecule has 1 rings (SSSR count). The van der Waals surface area contributed by atoms with E-state index in [0.29, 0.717) is 19.0 Å². The van der Waals surface area contributed by atoms with Gasteiger partial charge in [-0.1, -0.05) is 0 Å². The molecule has 1 aliphatic rings. The molecule has 1 fully saturated rings. The summed E-state index contributed by atoms with van der Waals surface area (Å²) in [6.45, 7) is 9.35. The van der Waals surface area contributed by atoms with E-state index in [2.05, 4.69) is 15.2 Å². The summed E-state index contributed by atoms with van der Waals surface area (Å²) in [5.41, 5.74) is -0.474. The molecule has 0 aliphatic carbocycles. The fourth-order valence-electron chi connectivity index (χ4n) is 2.35. The summed E-state index contributed by atoms with van der Waals surface area (Å²) in [5, 5.41) is 3.28. The van der Waals surface area contributed by atoms with Crippen LogP contribution in [0.3, 0.4) is 0 Å². The van der Waals surface area contributed by atoms with E-state index in [0.717, 1.165) is 32.1 Å². The largest absolute Gasteiger partial charge is 0.444 e. The Balaban J connectivity index is 0.00000529. The molecule has 8 heteroatoms. The number of nitrogens with zero attached hydrogens (tertiary/aromatic N) is 3. The van der Waals surface area contributed by atoms with Gasteiger partial charge in [0, 0.05) is 53.3 Å². The second-order valence-corrected chi connectivity index (χ2v) is 6.99. The summed E-state index contributed by atoms with van der Waals surface area (Å²) in [6.07, 6.45) is 0.786. The van der Waals surface area contributed by atoms with Crippen molar-refractivity contribution in [3.63, 3.8) is 0 Å². The zero-order valence-corrected chi connectivity index (χ0v) is 18.1. The van der Waals surface area contributed by atoms with Gasteiger partial charge in [0.15, 0.2) is 5.96 Å². The minimum Gasteiger partial charge on any atom is -0.444 e. The highest BCUT2D eigenvalue weighted by molar-refractivity contribution is 14.0. The third-order valence-electron chi connectivity index (χ3n) is 3.56. The molecule has 1 amide bonds. The van der Waals surface area contributed by atoms with E-state index in [1.165, 1.54) is 0 Å². The van der Waals surface area contributed by atoms with E-state index in [9.17, 15) is 4.79 Å². The Morgan fingerprint density at radius 3 is 2.50 bits per heavy atom. The molecule has 1 unspecified atom stereocenters. The number of likely N-dealkylation sites (N-methyl/N-ethyl adjacent to an activating group) is 1. The van der Waals surface area contributed by atoms with E-state index in [-0.39, 0.29) is 30.1 Å². The molecule has 142 valence electrons. The second-order valence-electron chi connectivity index (χ2n) is 6.99. The lowest BCUT2D eigenvalue weighted by atomic mass is 10.1. The van der Waals surface area contributed by atoms with Gasteiger partial charge in [0.2, 0.25) is 0 Å². The molecule has 0 aromatic carbocycles. The Bertz CT molecular complexity index is 407. The van der Waals surface area contributed by atoms with Crippen LogP contribution in [0.4, 0.5) is 4.79 Å². The number of ether oxygens (including phenoxy) is 2. The third kappa shape index (κ3) is 8.91. The molecule has 0 aromatic heterocycles. The van der Waals surface area contributed by atoms with Crippen molar-refractivity contribution in [3.8, 4) is 0 Å². The highest BCUT2D eigenvalue weighted by atomic mass is 127. The van der Waals surface area contributed by atoms with E-state index < -0.39 is 5.60 Å². The van der Waals surface area contributed by atoms with E-state index >= 15 is 0 Å². The van der Waals surface area contributed by atoms with Crippen LogP contribution in [0.5, 0.6) is 0 Å². The molecule has 0 saturated carbocycles. The average Bonchev–Trinajstić information content (AvgIpc) is 2.94. The summed E-state index contributed by atoms with van der Waals surface area (Å²) < 4.78 is 10.7. The minimum atomic E-state index is -0.474. The number of halogens is 1. The molecule has 24 heavy (non-hydrogen) atoms. The quantitative estimate of drug-likeness (QED) is 0.390. The highest BCUT2D eigenvalue weighted by Gasteiger charge is 2.20. The van der Waals surface area contributed by atoms with Crippen molar-refractivity contribution < 1.29 is 14.3 Å². The predicted octanol–water partition coefficient (Wildman–Crippen LogP) is 2.02. The van der Waals surface area contributed by atoms with Gasteiger partial charge in [0.25, 0.3) is 0 Å². The van der Waals surface area contributed by atoms with Crippen molar-refractivity contribution in [2.45, 2.75) is 32.8 Å². The maximum absolute atomic E-state index is 11.9. The Labute approximate surface area is 163 Å². The summed E-state index contributed by atoms with van der Waals surface area (Å²) in [5.74, 6) is 1.39. The monoisotopic (exact) mass is 456 g/mol. The van der Waals surface area contributed by atoms with Gasteiger partial charge >= 0.3 is 6.09 Å². The van der Waals surface area contributed by atoms with Crippen LogP contribution in [-0.2, 0) is 9.47 Å². The van der Waals surface area contributed by atoms with Crippen molar-refractivity contribution in [1.82, 2.24) is 15.1 Å². The van der Waals surface area contributed by atoms with Gasteiger partial charge in [-0.05, 0) is 27.2 Å². The molecule has 0 aromatic rings. The molecule has 1 atom stereocenters. The summed E-state index contributed by atoms with van der Waals surface area (Å²) in [6, 6.07) is 0. The molecule has 0 radical (unpaired) electrons. The van der Waals surface area contributed by atoms with E-state index in [1.54, 1.807) is 19.0 Å². The first kappa shape index (κ1) is 23.2. The normalized spacial score (nSPS) is 17.9. The van der Waals surface area contributed by atoms with Crippen molar-refractivity contribution >= 4 is 36.0 Å². The van der Waals surface area contributed by atoms with Crippen molar-refractivity contribution in [2.75, 3.05) is 54.0 Å². The number of carbonyl (C=O) groups is 1. The number of nitrogens with one attached hydrogen (secondary N) is 1. The Kier molecular flexibility index (Phi) is 10.6. The molecule has 1 heterocycles. The SMILES string of the molecule is CN=C(NCCN(C)C(=O)OC(C)(C)C)N(C)CC1CCOC1.I. The van der Waals surface area contributed by atoms with Crippen LogP contribution in [0, 0.1) is 5.92 Å². The van der Waals surface area contributed by atoms with Crippen LogP contribution in [0.15, 0.2) is 4.99 Å². The third-order valence-corrected chi connectivity index (χ3v) is 3.56. The van der Waals surface area contributed by atoms with Crippen LogP contribution in [-0.4, -0.2) is 81.4 Å². The smallest absolute Gasteiger partial charge is 0.410 e. The molecular weight excluding hydrogens is 423 g/mol. The number of guanidine groups is 1. The van der Waals surface area contributed by atoms with Gasteiger partial charge in [-0.15, -0.1) is 24.0 Å². The van der Waals surface area contributed by atoms with Crippen LogP contribution >= 0.6 is 24.0 Å². The van der Waals surface area contributed by atoms with Crippen LogP contribution in [0.25, 0.3) is 0 Å². The number of amides is 1. The van der Waals surface area contributed by atoms with Crippen molar-refractivity contribution in [2.24, 2.45) is 10.9 Å². The van der Waals surface area contributed by atoms with E-state index in [1.807, 2.05) is 27.8 Å². The average molecular weight is 456 g/mol. The molecular formula is C16H33IN4O3. The fourth-order valence-corrected chi connectivity index (χ4v) is 2.35. The zero-order valence-electron chi connectivity index (χ0n) is 15.8. The first-order valence-electron chi connectivity index (χ1n) is 8.16. The lowest BCUT2D eigenvalue weighted by Gasteiger charge is -2.27. The van der Waals surface area contributed by atoms with Gasteiger partial charge in [0.05, 0.1) is 6.61 Å². The minimum absolute atomic E-state index is 0. The lowest BCUT2D eigenvalue weighted by Crippen LogP contribution is -2.45. The first-order valence-corrected chi connectivity index (χ1v) is 8.16. The van der Waals surface area contributed by atoms with Gasteiger partial charge in [0.1, 0.15) is 5.60 Å². The Hall–Kier alpha value is -0.770. The maximum atomic E-state index is 11.9. The summed E-state index contributed by atoms with van der Waals surface area (Å²) >= 11 is 0. The van der Waals surface area contributed by atoms with Crippen LogP contribution in [0.1, 0.15) is 27.2 Å². The second kappa shape index (κ2) is 11.0. The number of hydrogen-bond acceptors (Lipinski definition) is 4. The van der Waals surface area contributed by atoms with Gasteiger partial charge < -0.3 is 24.6 Å². The van der Waals surface area contributed by atoms with Crippen LogP contribution < -0.4 is 5.32 Å². The zero-order chi connectivity index (χ0) is 17.5. The summed E-state index contributed by atoms with van der Waals surface area (Å²) in [4.78, 5) is 19.8. The number of hydrogen-bond donors (Lipinski definition) is 1. The van der Waals surface area contributed by atoms with Gasteiger partial charge in [-0.2, -0.15) is 0 Å². The topological polar surface area (TPSA) is 66.4 Å². The standard InChI is InChI=1S/C16H32N4O3.HI/c1-16(2,3)23-15(21)19(5)9-8-18-14(17-4)20(6)11-13-7-10-22-12-13;/h13H,7-12H2,1-6H3,(H,17,18);1H. The van der Waals surface area contributed by atoms with Crippen LogP contribution in [0.2, 0.25) is 0 Å². The van der Waals surface area contributed by atoms with Gasteiger partial charge in [-0.25, -0.2) is 4.79 Å². The molecule has 1 N–H and O–H groups in total. The van der Waals surface area contributed by atoms with Gasteiger partial charge in [-0.3, -0.25) is 4.99 Å². The lowest BCUT2D eigenvalue weighted by molar-refractivity contribution is 0.0302. The Morgan fingerprint density at radius 2 is 2.00 bits per heavy atom. The first-order chi connectivity index (χ1) is 10.7. The van der Waals surface area contributed by atoms with E-state index in [4.69, 9.17) is 9.47 Å². The predicted molar refractivity (Wildman–Crippen MR) is 107 cm³/mol. The molecule has 0 bridgehead atoms. The fraction of sp³-hybridized carbons (Fsp3) is 0.875. The number of rotatable bonds is 5. The summed E-state index contributed by atoms with van der Waals surface area (Å²) in [7, 11) is 5.52. The molecule has 0 spiro atoms.